The van der Waals surface area contributed by atoms with Crippen molar-refractivity contribution in [2.24, 2.45) is 5.92 Å². The first-order valence-corrected chi connectivity index (χ1v) is 4.16. The van der Waals surface area contributed by atoms with E-state index >= 15 is 0 Å². The number of ether oxygens (including phenoxy) is 1. The van der Waals surface area contributed by atoms with Crippen LogP contribution in [0.2, 0.25) is 0 Å². The van der Waals surface area contributed by atoms with Crippen LogP contribution in [0.5, 0.6) is 0 Å². The third-order valence-electron chi connectivity index (χ3n) is 2.30. The molecular weight excluding hydrogens is 138 g/mol. The molecule has 1 N–H and O–H groups in total. The van der Waals surface area contributed by atoms with Crippen LogP contribution in [-0.4, -0.2) is 26.3 Å². The molecule has 1 aliphatic rings. The van der Waals surface area contributed by atoms with Gasteiger partial charge in [-0.15, -0.1) is 6.58 Å². The summed E-state index contributed by atoms with van der Waals surface area (Å²) in [5.41, 5.74) is 0. The Kier molecular flexibility index (Phi) is 3.09. The van der Waals surface area contributed by atoms with Gasteiger partial charge in [0.1, 0.15) is 0 Å². The van der Waals surface area contributed by atoms with Gasteiger partial charge in [0.25, 0.3) is 0 Å². The number of rotatable bonds is 5. The average Bonchev–Trinajstić information content (AvgIpc) is 2.82. The molecule has 2 atom stereocenters. The maximum Gasteiger partial charge on any atom is 0.0787 e. The standard InChI is InChI=1S/C9H17NO/c1-4-8(10-2)9(11-3)7-5-6-7/h4,7-10H,1,5-6H2,2-3H3. The normalized spacial score (nSPS) is 22.7. The molecule has 11 heavy (non-hydrogen) atoms. The van der Waals surface area contributed by atoms with Gasteiger partial charge >= 0.3 is 0 Å². The second kappa shape index (κ2) is 3.88. The van der Waals surface area contributed by atoms with Gasteiger partial charge in [-0.3, -0.25) is 0 Å². The predicted octanol–water partition coefficient (Wildman–Crippen LogP) is 1.19. The monoisotopic (exact) mass is 155 g/mol. The Morgan fingerprint density at radius 1 is 1.64 bits per heavy atom. The highest BCUT2D eigenvalue weighted by Crippen LogP contribution is 2.35. The summed E-state index contributed by atoms with van der Waals surface area (Å²) in [7, 11) is 3.72. The molecule has 1 rings (SSSR count). The molecule has 0 saturated heterocycles. The van der Waals surface area contributed by atoms with Crippen LogP contribution in [0.1, 0.15) is 12.8 Å². The van der Waals surface area contributed by atoms with Gasteiger partial charge in [0.05, 0.1) is 12.1 Å². The summed E-state index contributed by atoms with van der Waals surface area (Å²) in [6.07, 6.45) is 4.87. The van der Waals surface area contributed by atoms with E-state index in [-0.39, 0.29) is 0 Å². The lowest BCUT2D eigenvalue weighted by Crippen LogP contribution is -2.38. The predicted molar refractivity (Wildman–Crippen MR) is 46.6 cm³/mol. The SMILES string of the molecule is C=CC(NC)C(OC)C1CC1. The fourth-order valence-electron chi connectivity index (χ4n) is 1.47. The first-order chi connectivity index (χ1) is 5.33. The quantitative estimate of drug-likeness (QED) is 0.602. The minimum atomic E-state index is 0.312. The lowest BCUT2D eigenvalue weighted by atomic mass is 10.1. The van der Waals surface area contributed by atoms with E-state index in [1.165, 1.54) is 12.8 Å². The molecule has 2 unspecified atom stereocenters. The van der Waals surface area contributed by atoms with Crippen molar-refractivity contribution in [1.82, 2.24) is 5.32 Å². The summed E-state index contributed by atoms with van der Waals surface area (Å²) in [6.45, 7) is 3.77. The molecule has 64 valence electrons. The van der Waals surface area contributed by atoms with E-state index in [0.29, 0.717) is 12.1 Å². The zero-order chi connectivity index (χ0) is 8.27. The van der Waals surface area contributed by atoms with E-state index in [9.17, 15) is 0 Å². The van der Waals surface area contributed by atoms with Crippen molar-refractivity contribution in [1.29, 1.82) is 0 Å². The minimum absolute atomic E-state index is 0.312. The van der Waals surface area contributed by atoms with Gasteiger partial charge in [0, 0.05) is 7.11 Å². The molecule has 0 aromatic heterocycles. The molecule has 0 amide bonds. The fourth-order valence-corrected chi connectivity index (χ4v) is 1.47. The summed E-state index contributed by atoms with van der Waals surface area (Å²) in [5, 5.41) is 3.18. The fraction of sp³-hybridized carbons (Fsp3) is 0.778. The van der Waals surface area contributed by atoms with Gasteiger partial charge in [-0.05, 0) is 25.8 Å². The van der Waals surface area contributed by atoms with Gasteiger partial charge in [-0.2, -0.15) is 0 Å². The summed E-state index contributed by atoms with van der Waals surface area (Å²) in [5.74, 6) is 0.760. The largest absolute Gasteiger partial charge is 0.379 e. The second-order valence-electron chi connectivity index (χ2n) is 3.09. The second-order valence-corrected chi connectivity index (χ2v) is 3.09. The number of likely N-dealkylation sites (N-methyl/N-ethyl adjacent to an activating group) is 1. The third kappa shape index (κ3) is 2.04. The number of nitrogens with one attached hydrogen (secondary N) is 1. The Morgan fingerprint density at radius 3 is 2.55 bits per heavy atom. The van der Waals surface area contributed by atoms with Crippen LogP contribution in [0, 0.1) is 5.92 Å². The number of hydrogen-bond donors (Lipinski definition) is 1. The highest BCUT2D eigenvalue weighted by atomic mass is 16.5. The van der Waals surface area contributed by atoms with Gasteiger partial charge in [0.15, 0.2) is 0 Å². The molecular formula is C9H17NO. The van der Waals surface area contributed by atoms with Crippen LogP contribution >= 0.6 is 0 Å². The van der Waals surface area contributed by atoms with Crippen molar-refractivity contribution in [3.05, 3.63) is 12.7 Å². The van der Waals surface area contributed by atoms with Crippen LogP contribution in [0.4, 0.5) is 0 Å². The van der Waals surface area contributed by atoms with Crippen LogP contribution in [0.15, 0.2) is 12.7 Å². The Labute approximate surface area is 68.6 Å². The average molecular weight is 155 g/mol. The van der Waals surface area contributed by atoms with Gasteiger partial charge < -0.3 is 10.1 Å². The third-order valence-corrected chi connectivity index (χ3v) is 2.30. The zero-order valence-corrected chi connectivity index (χ0v) is 7.34. The summed E-state index contributed by atoms with van der Waals surface area (Å²) in [6, 6.07) is 0.312. The van der Waals surface area contributed by atoms with Crippen LogP contribution in [0.25, 0.3) is 0 Å². The van der Waals surface area contributed by atoms with Crippen LogP contribution in [0.3, 0.4) is 0 Å². The molecule has 0 bridgehead atoms. The maximum absolute atomic E-state index is 5.38. The van der Waals surface area contributed by atoms with Crippen LogP contribution < -0.4 is 5.32 Å². The van der Waals surface area contributed by atoms with E-state index in [4.69, 9.17) is 4.74 Å². The topological polar surface area (TPSA) is 21.3 Å². The molecule has 0 aliphatic heterocycles. The molecule has 0 aromatic carbocycles. The molecule has 2 heteroatoms. The highest BCUT2D eigenvalue weighted by molar-refractivity contribution is 4.97. The molecule has 0 spiro atoms. The van der Waals surface area contributed by atoms with Gasteiger partial charge in [-0.25, -0.2) is 0 Å². The molecule has 1 fully saturated rings. The number of hydrogen-bond acceptors (Lipinski definition) is 2. The Morgan fingerprint density at radius 2 is 2.27 bits per heavy atom. The van der Waals surface area contributed by atoms with E-state index in [2.05, 4.69) is 11.9 Å². The van der Waals surface area contributed by atoms with Crippen molar-refractivity contribution in [3.8, 4) is 0 Å². The minimum Gasteiger partial charge on any atom is -0.379 e. The van der Waals surface area contributed by atoms with Crippen molar-refractivity contribution >= 4 is 0 Å². The summed E-state index contributed by atoms with van der Waals surface area (Å²) in [4.78, 5) is 0. The Bertz CT molecular complexity index is 132. The summed E-state index contributed by atoms with van der Waals surface area (Å²) >= 11 is 0. The van der Waals surface area contributed by atoms with E-state index in [0.717, 1.165) is 5.92 Å². The zero-order valence-electron chi connectivity index (χ0n) is 7.34. The molecule has 0 heterocycles. The number of methoxy groups -OCH3 is 1. The lowest BCUT2D eigenvalue weighted by Gasteiger charge is -2.22. The van der Waals surface area contributed by atoms with Gasteiger partial charge in [0.2, 0.25) is 0 Å². The lowest BCUT2D eigenvalue weighted by molar-refractivity contribution is 0.0666. The molecule has 1 aliphatic carbocycles. The van der Waals surface area contributed by atoms with Crippen LogP contribution in [-0.2, 0) is 4.74 Å². The first-order valence-electron chi connectivity index (χ1n) is 4.16. The van der Waals surface area contributed by atoms with Gasteiger partial charge in [-0.1, -0.05) is 6.08 Å². The van der Waals surface area contributed by atoms with Crippen molar-refractivity contribution in [3.63, 3.8) is 0 Å². The summed E-state index contributed by atoms with van der Waals surface area (Å²) < 4.78 is 5.38. The molecule has 0 radical (unpaired) electrons. The Hall–Kier alpha value is -0.340. The molecule has 2 nitrogen and oxygen atoms in total. The molecule has 0 aromatic rings. The highest BCUT2D eigenvalue weighted by Gasteiger charge is 2.34. The van der Waals surface area contributed by atoms with Crippen molar-refractivity contribution in [2.75, 3.05) is 14.2 Å². The van der Waals surface area contributed by atoms with E-state index in [1.807, 2.05) is 13.1 Å². The first kappa shape index (κ1) is 8.75. The van der Waals surface area contributed by atoms with Crippen molar-refractivity contribution in [2.45, 2.75) is 25.0 Å². The van der Waals surface area contributed by atoms with E-state index in [1.54, 1.807) is 7.11 Å². The Balaban J connectivity index is 2.43. The maximum atomic E-state index is 5.38. The molecule has 1 saturated carbocycles. The van der Waals surface area contributed by atoms with E-state index < -0.39 is 0 Å². The van der Waals surface area contributed by atoms with Crippen molar-refractivity contribution < 1.29 is 4.74 Å². The smallest absolute Gasteiger partial charge is 0.0787 e.